The number of aromatic nitrogens is 1. The highest BCUT2D eigenvalue weighted by Gasteiger charge is 2.62. The summed E-state index contributed by atoms with van der Waals surface area (Å²) in [5.74, 6) is 1.86. The molecule has 3 saturated carbocycles. The van der Waals surface area contributed by atoms with Crippen LogP contribution in [-0.2, 0) is 16.0 Å². The molecule has 4 heteroatoms. The van der Waals surface area contributed by atoms with E-state index < -0.39 is 0 Å². The SMILES string of the molecule is CC12CCC(=O)C=C1CCC1C2C(O)CC2(C)C(C(=O)CCc3cccnc3)CCC12. The standard InChI is InChI=1S/C27H35NO3/c1-26-12-11-19(29)14-18(26)6-7-20-21-8-9-22(27(21,2)15-24(31)25(20)26)23(30)10-5-17-4-3-13-28-16-17/h3-4,13-14,16,20-22,24-25,31H,5-12,15H2,1-2H3. The van der Waals surface area contributed by atoms with Gasteiger partial charge in [-0.1, -0.05) is 25.5 Å². The van der Waals surface area contributed by atoms with E-state index in [0.29, 0.717) is 30.5 Å². The van der Waals surface area contributed by atoms with Gasteiger partial charge in [-0.3, -0.25) is 14.6 Å². The number of ketones is 2. The highest BCUT2D eigenvalue weighted by Crippen LogP contribution is 2.66. The third kappa shape index (κ3) is 3.33. The minimum absolute atomic E-state index is 0.0556. The predicted octanol–water partition coefficient (Wildman–Crippen LogP) is 4.70. The van der Waals surface area contributed by atoms with Crippen molar-refractivity contribution in [2.75, 3.05) is 0 Å². The lowest BCUT2D eigenvalue weighted by Gasteiger charge is -2.59. The smallest absolute Gasteiger partial charge is 0.155 e. The molecule has 0 aromatic carbocycles. The summed E-state index contributed by atoms with van der Waals surface area (Å²) in [4.78, 5) is 29.5. The third-order valence-electron chi connectivity index (χ3n) is 9.66. The highest BCUT2D eigenvalue weighted by atomic mass is 16.3. The van der Waals surface area contributed by atoms with E-state index in [2.05, 4.69) is 18.8 Å². The summed E-state index contributed by atoms with van der Waals surface area (Å²) in [7, 11) is 0. The Morgan fingerprint density at radius 2 is 2.06 bits per heavy atom. The zero-order valence-corrected chi connectivity index (χ0v) is 18.8. The topological polar surface area (TPSA) is 67.3 Å². The molecule has 4 aliphatic rings. The van der Waals surface area contributed by atoms with Crippen LogP contribution in [0.1, 0.15) is 70.8 Å². The van der Waals surface area contributed by atoms with Crippen molar-refractivity contribution < 1.29 is 14.7 Å². The van der Waals surface area contributed by atoms with E-state index >= 15 is 0 Å². The molecule has 166 valence electrons. The average molecular weight is 422 g/mol. The van der Waals surface area contributed by atoms with Crippen LogP contribution in [0.2, 0.25) is 0 Å². The van der Waals surface area contributed by atoms with Crippen LogP contribution in [0.4, 0.5) is 0 Å². The van der Waals surface area contributed by atoms with E-state index in [0.717, 1.165) is 50.5 Å². The average Bonchev–Trinajstić information content (AvgIpc) is 3.09. The fourth-order valence-electron chi connectivity index (χ4n) is 8.20. The van der Waals surface area contributed by atoms with Crippen molar-refractivity contribution in [3.63, 3.8) is 0 Å². The number of Topliss-reactive ketones (excluding diaryl/α,β-unsaturated/α-hetero) is 1. The molecule has 1 heterocycles. The van der Waals surface area contributed by atoms with Gasteiger partial charge in [0.1, 0.15) is 5.78 Å². The second-order valence-electron chi connectivity index (χ2n) is 11.1. The molecule has 4 aliphatic carbocycles. The molecule has 7 unspecified atom stereocenters. The van der Waals surface area contributed by atoms with Crippen LogP contribution in [0.5, 0.6) is 0 Å². The Balaban J connectivity index is 1.36. The van der Waals surface area contributed by atoms with E-state index in [-0.39, 0.29) is 34.6 Å². The minimum atomic E-state index is -0.389. The number of aryl methyl sites for hydroxylation is 1. The zero-order chi connectivity index (χ0) is 21.8. The van der Waals surface area contributed by atoms with Crippen LogP contribution in [0.15, 0.2) is 36.2 Å². The van der Waals surface area contributed by atoms with E-state index in [1.165, 1.54) is 5.57 Å². The van der Waals surface area contributed by atoms with Gasteiger partial charge in [0.15, 0.2) is 5.78 Å². The monoisotopic (exact) mass is 421 g/mol. The summed E-state index contributed by atoms with van der Waals surface area (Å²) in [6.07, 6.45) is 12.7. The molecule has 3 fully saturated rings. The Morgan fingerprint density at radius 1 is 1.23 bits per heavy atom. The number of pyridine rings is 1. The number of hydrogen-bond acceptors (Lipinski definition) is 4. The summed E-state index contributed by atoms with van der Waals surface area (Å²) in [6, 6.07) is 3.96. The predicted molar refractivity (Wildman–Crippen MR) is 119 cm³/mol. The number of allylic oxidation sites excluding steroid dienone is 1. The molecule has 0 spiro atoms. The van der Waals surface area contributed by atoms with Crippen molar-refractivity contribution in [1.29, 1.82) is 0 Å². The number of aliphatic hydroxyl groups is 1. The van der Waals surface area contributed by atoms with E-state index in [9.17, 15) is 14.7 Å². The zero-order valence-electron chi connectivity index (χ0n) is 18.8. The normalized spacial score (nSPS) is 41.7. The maximum Gasteiger partial charge on any atom is 0.155 e. The molecule has 1 aromatic heterocycles. The van der Waals surface area contributed by atoms with Gasteiger partial charge in [0.05, 0.1) is 6.10 Å². The van der Waals surface area contributed by atoms with Gasteiger partial charge >= 0.3 is 0 Å². The molecule has 31 heavy (non-hydrogen) atoms. The van der Waals surface area contributed by atoms with Crippen LogP contribution in [0, 0.1) is 34.5 Å². The number of aliphatic hydroxyl groups excluding tert-OH is 1. The first-order valence-electron chi connectivity index (χ1n) is 12.2. The van der Waals surface area contributed by atoms with Crippen molar-refractivity contribution in [3.05, 3.63) is 41.7 Å². The fourth-order valence-corrected chi connectivity index (χ4v) is 8.20. The van der Waals surface area contributed by atoms with Crippen molar-refractivity contribution in [3.8, 4) is 0 Å². The third-order valence-corrected chi connectivity index (χ3v) is 9.66. The minimum Gasteiger partial charge on any atom is -0.393 e. The van der Waals surface area contributed by atoms with Gasteiger partial charge < -0.3 is 5.11 Å². The quantitative estimate of drug-likeness (QED) is 0.765. The molecule has 5 rings (SSSR count). The van der Waals surface area contributed by atoms with E-state index in [1.54, 1.807) is 6.20 Å². The molecule has 0 saturated heterocycles. The van der Waals surface area contributed by atoms with Crippen molar-refractivity contribution in [1.82, 2.24) is 4.98 Å². The van der Waals surface area contributed by atoms with Gasteiger partial charge in [-0.25, -0.2) is 0 Å². The second-order valence-corrected chi connectivity index (χ2v) is 11.1. The number of carbonyl (C=O) groups is 2. The summed E-state index contributed by atoms with van der Waals surface area (Å²) >= 11 is 0. The Kier molecular flexibility index (Phi) is 5.20. The number of carbonyl (C=O) groups excluding carboxylic acids is 2. The fraction of sp³-hybridized carbons (Fsp3) is 0.667. The Hall–Kier alpha value is -1.81. The molecule has 1 aromatic rings. The summed E-state index contributed by atoms with van der Waals surface area (Å²) in [5.41, 5.74) is 2.23. The summed E-state index contributed by atoms with van der Waals surface area (Å²) in [5, 5.41) is 11.5. The maximum atomic E-state index is 13.3. The van der Waals surface area contributed by atoms with E-state index in [1.807, 2.05) is 24.4 Å². The van der Waals surface area contributed by atoms with Crippen molar-refractivity contribution in [2.24, 2.45) is 34.5 Å². The Bertz CT molecular complexity index is 908. The van der Waals surface area contributed by atoms with Gasteiger partial charge in [0, 0.05) is 31.2 Å². The first-order chi connectivity index (χ1) is 14.8. The van der Waals surface area contributed by atoms with Crippen LogP contribution in [0.25, 0.3) is 0 Å². The van der Waals surface area contributed by atoms with Gasteiger partial charge in [-0.15, -0.1) is 0 Å². The van der Waals surface area contributed by atoms with Crippen LogP contribution in [0.3, 0.4) is 0 Å². The van der Waals surface area contributed by atoms with Crippen LogP contribution < -0.4 is 0 Å². The lowest BCUT2D eigenvalue weighted by molar-refractivity contribution is -0.144. The van der Waals surface area contributed by atoms with Crippen LogP contribution in [-0.4, -0.2) is 27.8 Å². The highest BCUT2D eigenvalue weighted by molar-refractivity contribution is 5.91. The molecule has 1 N–H and O–H groups in total. The van der Waals surface area contributed by atoms with Crippen LogP contribution >= 0.6 is 0 Å². The molecular formula is C27H35NO3. The summed E-state index contributed by atoms with van der Waals surface area (Å²) in [6.45, 7) is 4.58. The molecule has 0 bridgehead atoms. The van der Waals surface area contributed by atoms with E-state index in [4.69, 9.17) is 0 Å². The molecular weight excluding hydrogens is 386 g/mol. The number of hydrogen-bond donors (Lipinski definition) is 1. The number of nitrogens with zero attached hydrogens (tertiary/aromatic N) is 1. The Morgan fingerprint density at radius 3 is 2.84 bits per heavy atom. The Labute approximate surface area is 185 Å². The number of fused-ring (bicyclic) bond motifs is 5. The first kappa shape index (κ1) is 21.1. The molecule has 0 aliphatic heterocycles. The number of rotatable bonds is 4. The van der Waals surface area contributed by atoms with Crippen molar-refractivity contribution in [2.45, 2.75) is 77.7 Å². The largest absolute Gasteiger partial charge is 0.393 e. The van der Waals surface area contributed by atoms with Gasteiger partial charge in [-0.2, -0.15) is 0 Å². The molecule has 0 amide bonds. The summed E-state index contributed by atoms with van der Waals surface area (Å²) < 4.78 is 0. The van der Waals surface area contributed by atoms with Gasteiger partial charge in [0.2, 0.25) is 0 Å². The van der Waals surface area contributed by atoms with Crippen molar-refractivity contribution >= 4 is 11.6 Å². The molecule has 7 atom stereocenters. The van der Waals surface area contributed by atoms with Gasteiger partial charge in [-0.05, 0) is 91.2 Å². The molecule has 4 nitrogen and oxygen atoms in total. The lowest BCUT2D eigenvalue weighted by Crippen LogP contribution is -2.57. The maximum absolute atomic E-state index is 13.3. The first-order valence-corrected chi connectivity index (χ1v) is 12.2. The second kappa shape index (κ2) is 7.65. The lowest BCUT2D eigenvalue weighted by atomic mass is 9.46. The van der Waals surface area contributed by atoms with Gasteiger partial charge in [0.25, 0.3) is 0 Å². The molecule has 0 radical (unpaired) electrons.